The molecule has 0 aliphatic heterocycles. The Balaban J connectivity index is 2.47. The molecule has 2 rings (SSSR count). The number of alkyl halides is 1. The van der Waals surface area contributed by atoms with Crippen molar-refractivity contribution in [2.45, 2.75) is 37.9 Å². The Bertz CT molecular complexity index is 428. The van der Waals surface area contributed by atoms with E-state index in [2.05, 4.69) is 29.8 Å². The third-order valence-electron chi connectivity index (χ3n) is 3.56. The van der Waals surface area contributed by atoms with Gasteiger partial charge in [-0.05, 0) is 41.9 Å². The Morgan fingerprint density at radius 1 is 1.41 bits per heavy atom. The highest BCUT2D eigenvalue weighted by Gasteiger charge is 2.30. The first kappa shape index (κ1) is 12.9. The molecule has 3 heteroatoms. The van der Waals surface area contributed by atoms with Gasteiger partial charge < -0.3 is 4.74 Å². The molecule has 1 unspecified atom stereocenters. The molecule has 0 bridgehead atoms. The quantitative estimate of drug-likeness (QED) is 0.542. The number of hydrogen-bond donors (Lipinski definition) is 0. The van der Waals surface area contributed by atoms with E-state index in [1.165, 1.54) is 6.07 Å². The maximum atomic E-state index is 14.0. The van der Waals surface area contributed by atoms with Crippen molar-refractivity contribution in [2.24, 2.45) is 5.41 Å². The molecule has 17 heavy (non-hydrogen) atoms. The second-order valence-electron chi connectivity index (χ2n) is 5.51. The van der Waals surface area contributed by atoms with Crippen LogP contribution in [0.25, 0.3) is 0 Å². The van der Waals surface area contributed by atoms with Gasteiger partial charge >= 0.3 is 0 Å². The lowest BCUT2D eigenvalue weighted by Crippen LogP contribution is -2.11. The Morgan fingerprint density at radius 3 is 2.76 bits per heavy atom. The third-order valence-corrected chi connectivity index (χ3v) is 4.38. The molecule has 0 heterocycles. The lowest BCUT2D eigenvalue weighted by molar-refractivity contribution is 0.316. The normalized spacial score (nSPS) is 22.8. The Hall–Kier alpha value is -0.570. The van der Waals surface area contributed by atoms with E-state index < -0.39 is 0 Å². The first-order chi connectivity index (χ1) is 7.93. The molecule has 0 spiro atoms. The largest absolute Gasteiger partial charge is 0.497 e. The average Bonchev–Trinajstić information content (AvgIpc) is 2.36. The van der Waals surface area contributed by atoms with Crippen LogP contribution in [0.4, 0.5) is 4.39 Å². The molecular weight excluding hydrogens is 283 g/mol. The molecule has 0 amide bonds. The van der Waals surface area contributed by atoms with Crippen LogP contribution in [0.2, 0.25) is 0 Å². The van der Waals surface area contributed by atoms with Crippen molar-refractivity contribution in [1.29, 1.82) is 0 Å². The number of ether oxygens (including phenoxy) is 1. The maximum absolute atomic E-state index is 14.0. The standard InChI is InChI=1S/C14H18BrFO/c1-14(2)5-4-10-11(12(15)8-14)6-9(17-3)7-13(10)16/h6-7,12H,4-5,8H2,1-3H3. The molecule has 94 valence electrons. The highest BCUT2D eigenvalue weighted by Crippen LogP contribution is 2.45. The fraction of sp³-hybridized carbons (Fsp3) is 0.571. The topological polar surface area (TPSA) is 9.23 Å². The van der Waals surface area contributed by atoms with E-state index in [1.54, 1.807) is 7.11 Å². The monoisotopic (exact) mass is 300 g/mol. The summed E-state index contributed by atoms with van der Waals surface area (Å²) in [5, 5.41) is 0. The first-order valence-electron chi connectivity index (χ1n) is 5.93. The molecule has 1 aromatic carbocycles. The molecule has 1 aromatic rings. The van der Waals surface area contributed by atoms with Gasteiger partial charge in [0, 0.05) is 10.9 Å². The number of methoxy groups -OCH3 is 1. The van der Waals surface area contributed by atoms with Crippen LogP contribution in [-0.4, -0.2) is 7.11 Å². The van der Waals surface area contributed by atoms with Gasteiger partial charge in [-0.25, -0.2) is 4.39 Å². The molecule has 1 aliphatic carbocycles. The van der Waals surface area contributed by atoms with E-state index >= 15 is 0 Å². The zero-order chi connectivity index (χ0) is 12.6. The highest BCUT2D eigenvalue weighted by molar-refractivity contribution is 9.09. The second kappa shape index (κ2) is 4.60. The van der Waals surface area contributed by atoms with Gasteiger partial charge in [-0.1, -0.05) is 29.8 Å². The molecule has 0 aromatic heterocycles. The van der Waals surface area contributed by atoms with E-state index in [9.17, 15) is 4.39 Å². The molecule has 1 atom stereocenters. The Morgan fingerprint density at radius 2 is 2.12 bits per heavy atom. The number of hydrogen-bond acceptors (Lipinski definition) is 1. The van der Waals surface area contributed by atoms with Crippen LogP contribution in [0, 0.1) is 11.2 Å². The van der Waals surface area contributed by atoms with Gasteiger partial charge in [-0.15, -0.1) is 0 Å². The minimum absolute atomic E-state index is 0.137. The van der Waals surface area contributed by atoms with E-state index in [1.807, 2.05) is 6.07 Å². The van der Waals surface area contributed by atoms with Crippen LogP contribution in [0.15, 0.2) is 12.1 Å². The van der Waals surface area contributed by atoms with Crippen molar-refractivity contribution in [3.63, 3.8) is 0 Å². The van der Waals surface area contributed by atoms with Crippen LogP contribution >= 0.6 is 15.9 Å². The molecule has 0 radical (unpaired) electrons. The van der Waals surface area contributed by atoms with Crippen molar-refractivity contribution in [2.75, 3.05) is 7.11 Å². The van der Waals surface area contributed by atoms with Crippen molar-refractivity contribution < 1.29 is 9.13 Å². The summed E-state index contributed by atoms with van der Waals surface area (Å²) < 4.78 is 19.2. The summed E-state index contributed by atoms with van der Waals surface area (Å²) in [5.74, 6) is 0.465. The Labute approximate surface area is 110 Å². The average molecular weight is 301 g/mol. The summed E-state index contributed by atoms with van der Waals surface area (Å²) >= 11 is 3.69. The van der Waals surface area contributed by atoms with Gasteiger partial charge in [0.25, 0.3) is 0 Å². The minimum atomic E-state index is -0.137. The SMILES string of the molecule is COc1cc(F)c2c(c1)C(Br)CC(C)(C)CC2. The predicted octanol–water partition coefficient (Wildman–Crippen LogP) is 4.63. The predicted molar refractivity (Wildman–Crippen MR) is 71.3 cm³/mol. The number of benzene rings is 1. The molecule has 0 saturated carbocycles. The van der Waals surface area contributed by atoms with Gasteiger partial charge in [-0.3, -0.25) is 0 Å². The summed E-state index contributed by atoms with van der Waals surface area (Å²) in [4.78, 5) is 0.208. The molecule has 0 fully saturated rings. The Kier molecular flexibility index (Phi) is 3.48. The van der Waals surface area contributed by atoms with Crippen LogP contribution < -0.4 is 4.74 Å². The van der Waals surface area contributed by atoms with E-state index in [-0.39, 0.29) is 16.1 Å². The fourth-order valence-corrected chi connectivity index (χ4v) is 3.74. The summed E-state index contributed by atoms with van der Waals surface area (Å²) in [7, 11) is 1.57. The van der Waals surface area contributed by atoms with Crippen LogP contribution in [-0.2, 0) is 6.42 Å². The lowest BCUT2D eigenvalue weighted by Gasteiger charge is -2.23. The molecule has 0 saturated heterocycles. The minimum Gasteiger partial charge on any atom is -0.497 e. The first-order valence-corrected chi connectivity index (χ1v) is 6.85. The van der Waals surface area contributed by atoms with E-state index in [0.29, 0.717) is 5.75 Å². The third kappa shape index (κ3) is 2.65. The summed E-state index contributed by atoms with van der Waals surface area (Å²) in [6.45, 7) is 4.48. The number of fused-ring (bicyclic) bond motifs is 1. The van der Waals surface area contributed by atoms with Gasteiger partial charge in [0.1, 0.15) is 11.6 Å². The molecular formula is C14H18BrFO. The lowest BCUT2D eigenvalue weighted by atomic mass is 9.84. The van der Waals surface area contributed by atoms with Gasteiger partial charge in [0.05, 0.1) is 7.11 Å². The van der Waals surface area contributed by atoms with E-state index in [4.69, 9.17) is 4.74 Å². The van der Waals surface area contributed by atoms with Gasteiger partial charge in [-0.2, -0.15) is 0 Å². The fourth-order valence-electron chi connectivity index (χ4n) is 2.45. The van der Waals surface area contributed by atoms with Gasteiger partial charge in [0.2, 0.25) is 0 Å². The second-order valence-corrected chi connectivity index (χ2v) is 6.62. The van der Waals surface area contributed by atoms with Crippen LogP contribution in [0.1, 0.15) is 42.6 Å². The van der Waals surface area contributed by atoms with Crippen LogP contribution in [0.5, 0.6) is 5.75 Å². The van der Waals surface area contributed by atoms with Crippen molar-refractivity contribution in [3.8, 4) is 5.75 Å². The zero-order valence-electron chi connectivity index (χ0n) is 10.5. The molecule has 1 aliphatic rings. The summed E-state index contributed by atoms with van der Waals surface area (Å²) in [6, 6.07) is 3.44. The maximum Gasteiger partial charge on any atom is 0.130 e. The van der Waals surface area contributed by atoms with Crippen molar-refractivity contribution >= 4 is 15.9 Å². The smallest absolute Gasteiger partial charge is 0.130 e. The molecule has 0 N–H and O–H groups in total. The zero-order valence-corrected chi connectivity index (χ0v) is 12.1. The van der Waals surface area contributed by atoms with Gasteiger partial charge in [0.15, 0.2) is 0 Å². The highest BCUT2D eigenvalue weighted by atomic mass is 79.9. The number of halogens is 2. The molecule has 1 nitrogen and oxygen atoms in total. The number of rotatable bonds is 1. The summed E-state index contributed by atoms with van der Waals surface area (Å²) in [5.41, 5.74) is 2.14. The van der Waals surface area contributed by atoms with Crippen LogP contribution in [0.3, 0.4) is 0 Å². The summed E-state index contributed by atoms with van der Waals surface area (Å²) in [6.07, 6.45) is 2.85. The van der Waals surface area contributed by atoms with Crippen molar-refractivity contribution in [1.82, 2.24) is 0 Å². The van der Waals surface area contributed by atoms with Crippen molar-refractivity contribution in [3.05, 3.63) is 29.1 Å². The van der Waals surface area contributed by atoms with E-state index in [0.717, 1.165) is 30.4 Å².